The molecule has 1 aromatic heterocycles. The summed E-state index contributed by atoms with van der Waals surface area (Å²) in [7, 11) is 2.19. The Bertz CT molecular complexity index is 378. The second-order valence-corrected chi connectivity index (χ2v) is 4.90. The van der Waals surface area contributed by atoms with Crippen molar-refractivity contribution >= 4 is 11.5 Å². The van der Waals surface area contributed by atoms with Crippen LogP contribution in [-0.2, 0) is 0 Å². The molecule has 1 fully saturated rings. The van der Waals surface area contributed by atoms with Crippen LogP contribution in [0.3, 0.4) is 0 Å². The SMILES string of the molecule is Cc1ccnc(NCC2CCCCN2C)c1N. The number of aromatic nitrogens is 1. The molecule has 1 aromatic rings. The number of piperidine rings is 1. The Morgan fingerprint density at radius 2 is 2.35 bits per heavy atom. The number of rotatable bonds is 3. The third-order valence-corrected chi connectivity index (χ3v) is 3.63. The molecule has 3 N–H and O–H groups in total. The normalized spacial score (nSPS) is 21.4. The number of likely N-dealkylation sites (tertiary alicyclic amines) is 1. The number of anilines is 2. The van der Waals surface area contributed by atoms with Gasteiger partial charge in [-0.2, -0.15) is 0 Å². The maximum Gasteiger partial charge on any atom is 0.149 e. The van der Waals surface area contributed by atoms with Crippen LogP contribution < -0.4 is 11.1 Å². The monoisotopic (exact) mass is 234 g/mol. The van der Waals surface area contributed by atoms with Crippen molar-refractivity contribution in [3.05, 3.63) is 17.8 Å². The van der Waals surface area contributed by atoms with Crippen molar-refractivity contribution in [3.8, 4) is 0 Å². The quantitative estimate of drug-likeness (QED) is 0.838. The Hall–Kier alpha value is -1.29. The molecule has 1 unspecified atom stereocenters. The summed E-state index contributed by atoms with van der Waals surface area (Å²) in [4.78, 5) is 6.71. The van der Waals surface area contributed by atoms with E-state index in [0.29, 0.717) is 6.04 Å². The van der Waals surface area contributed by atoms with E-state index in [-0.39, 0.29) is 0 Å². The van der Waals surface area contributed by atoms with Gasteiger partial charge in [-0.05, 0) is 45.0 Å². The van der Waals surface area contributed by atoms with Crippen molar-refractivity contribution < 1.29 is 0 Å². The standard InChI is InChI=1S/C13H22N4/c1-10-6-7-15-13(12(10)14)16-9-11-5-3-4-8-17(11)2/h6-7,11H,3-5,8-9,14H2,1-2H3,(H,15,16). The Morgan fingerprint density at radius 3 is 3.12 bits per heavy atom. The van der Waals surface area contributed by atoms with E-state index in [0.717, 1.165) is 23.6 Å². The molecule has 2 heterocycles. The van der Waals surface area contributed by atoms with Gasteiger partial charge in [-0.25, -0.2) is 4.98 Å². The van der Waals surface area contributed by atoms with E-state index < -0.39 is 0 Å². The minimum atomic E-state index is 0.602. The van der Waals surface area contributed by atoms with Crippen LogP contribution in [0.4, 0.5) is 11.5 Å². The number of nitrogens with one attached hydrogen (secondary N) is 1. The van der Waals surface area contributed by atoms with Gasteiger partial charge < -0.3 is 16.0 Å². The molecule has 0 amide bonds. The van der Waals surface area contributed by atoms with E-state index in [2.05, 4.69) is 22.2 Å². The van der Waals surface area contributed by atoms with E-state index >= 15 is 0 Å². The molecular formula is C13H22N4. The molecule has 0 radical (unpaired) electrons. The van der Waals surface area contributed by atoms with Crippen LogP contribution in [0.15, 0.2) is 12.3 Å². The number of nitrogens with two attached hydrogens (primary N) is 1. The van der Waals surface area contributed by atoms with Crippen LogP contribution in [0, 0.1) is 6.92 Å². The average molecular weight is 234 g/mol. The van der Waals surface area contributed by atoms with E-state index in [4.69, 9.17) is 5.73 Å². The topological polar surface area (TPSA) is 54.2 Å². The predicted octanol–water partition coefficient (Wildman–Crippen LogP) is 1.87. The molecule has 17 heavy (non-hydrogen) atoms. The fraction of sp³-hybridized carbons (Fsp3) is 0.615. The van der Waals surface area contributed by atoms with E-state index in [1.54, 1.807) is 6.20 Å². The number of pyridine rings is 1. The molecule has 0 spiro atoms. The van der Waals surface area contributed by atoms with Gasteiger partial charge in [0, 0.05) is 18.8 Å². The van der Waals surface area contributed by atoms with E-state index in [1.165, 1.54) is 25.8 Å². The first-order valence-corrected chi connectivity index (χ1v) is 6.33. The van der Waals surface area contributed by atoms with Crippen LogP contribution in [0.25, 0.3) is 0 Å². The lowest BCUT2D eigenvalue weighted by Gasteiger charge is -2.32. The van der Waals surface area contributed by atoms with Crippen LogP contribution in [0.2, 0.25) is 0 Å². The number of hydrogen-bond donors (Lipinski definition) is 2. The van der Waals surface area contributed by atoms with Crippen molar-refractivity contribution in [2.24, 2.45) is 0 Å². The van der Waals surface area contributed by atoms with Gasteiger partial charge in [0.25, 0.3) is 0 Å². The Balaban J connectivity index is 1.95. The number of nitrogen functional groups attached to an aromatic ring is 1. The summed E-state index contributed by atoms with van der Waals surface area (Å²) in [6.45, 7) is 4.13. The third kappa shape index (κ3) is 2.88. The summed E-state index contributed by atoms with van der Waals surface area (Å²) >= 11 is 0. The molecule has 94 valence electrons. The first kappa shape index (κ1) is 12.2. The zero-order chi connectivity index (χ0) is 12.3. The van der Waals surface area contributed by atoms with Crippen molar-refractivity contribution in [2.45, 2.75) is 32.2 Å². The molecule has 4 nitrogen and oxygen atoms in total. The molecule has 0 saturated carbocycles. The number of nitrogens with zero attached hydrogens (tertiary/aromatic N) is 2. The highest BCUT2D eigenvalue weighted by atomic mass is 15.2. The van der Waals surface area contributed by atoms with Gasteiger partial charge in [-0.1, -0.05) is 6.42 Å². The van der Waals surface area contributed by atoms with E-state index in [9.17, 15) is 0 Å². The average Bonchev–Trinajstić information content (AvgIpc) is 2.33. The van der Waals surface area contributed by atoms with Crippen molar-refractivity contribution in [1.82, 2.24) is 9.88 Å². The predicted molar refractivity (Wildman–Crippen MR) is 72.1 cm³/mol. The van der Waals surface area contributed by atoms with Crippen LogP contribution in [0.5, 0.6) is 0 Å². The highest BCUT2D eigenvalue weighted by molar-refractivity contribution is 5.64. The smallest absolute Gasteiger partial charge is 0.149 e. The van der Waals surface area contributed by atoms with Crippen molar-refractivity contribution in [1.29, 1.82) is 0 Å². The summed E-state index contributed by atoms with van der Waals surface area (Å²) in [5.41, 5.74) is 7.85. The summed E-state index contributed by atoms with van der Waals surface area (Å²) in [6.07, 6.45) is 5.71. The van der Waals surface area contributed by atoms with Crippen LogP contribution in [-0.4, -0.2) is 36.1 Å². The maximum absolute atomic E-state index is 5.99. The number of aryl methyl sites for hydroxylation is 1. The molecule has 1 atom stereocenters. The van der Waals surface area contributed by atoms with Gasteiger partial charge in [0.05, 0.1) is 5.69 Å². The number of hydrogen-bond acceptors (Lipinski definition) is 4. The van der Waals surface area contributed by atoms with Gasteiger partial charge in [-0.3, -0.25) is 0 Å². The number of likely N-dealkylation sites (N-methyl/N-ethyl adjacent to an activating group) is 1. The van der Waals surface area contributed by atoms with Crippen LogP contribution in [0.1, 0.15) is 24.8 Å². The summed E-state index contributed by atoms with van der Waals surface area (Å²) in [5, 5.41) is 3.38. The molecule has 0 aliphatic carbocycles. The lowest BCUT2D eigenvalue weighted by atomic mass is 10.0. The fourth-order valence-corrected chi connectivity index (χ4v) is 2.33. The molecule has 1 saturated heterocycles. The fourth-order valence-electron chi connectivity index (χ4n) is 2.33. The van der Waals surface area contributed by atoms with Gasteiger partial charge in [0.15, 0.2) is 0 Å². The van der Waals surface area contributed by atoms with E-state index in [1.807, 2.05) is 13.0 Å². The first-order valence-electron chi connectivity index (χ1n) is 6.33. The second kappa shape index (κ2) is 5.36. The largest absolute Gasteiger partial charge is 0.396 e. The molecular weight excluding hydrogens is 212 g/mol. The molecule has 0 aromatic carbocycles. The zero-order valence-electron chi connectivity index (χ0n) is 10.7. The first-order chi connectivity index (χ1) is 8.18. The maximum atomic E-state index is 5.99. The van der Waals surface area contributed by atoms with Crippen LogP contribution >= 0.6 is 0 Å². The lowest BCUT2D eigenvalue weighted by molar-refractivity contribution is 0.194. The second-order valence-electron chi connectivity index (χ2n) is 4.90. The molecule has 1 aliphatic rings. The molecule has 4 heteroatoms. The highest BCUT2D eigenvalue weighted by Crippen LogP contribution is 2.20. The Kier molecular flexibility index (Phi) is 3.84. The minimum absolute atomic E-state index is 0.602. The van der Waals surface area contributed by atoms with Gasteiger partial charge >= 0.3 is 0 Å². The minimum Gasteiger partial charge on any atom is -0.396 e. The van der Waals surface area contributed by atoms with Crippen molar-refractivity contribution in [3.63, 3.8) is 0 Å². The van der Waals surface area contributed by atoms with Gasteiger partial charge in [-0.15, -0.1) is 0 Å². The zero-order valence-corrected chi connectivity index (χ0v) is 10.7. The molecule has 2 rings (SSSR count). The lowest BCUT2D eigenvalue weighted by Crippen LogP contribution is -2.40. The summed E-state index contributed by atoms with van der Waals surface area (Å²) in [5.74, 6) is 0.823. The third-order valence-electron chi connectivity index (χ3n) is 3.63. The highest BCUT2D eigenvalue weighted by Gasteiger charge is 2.18. The van der Waals surface area contributed by atoms with Gasteiger partial charge in [0.1, 0.15) is 5.82 Å². The summed E-state index contributed by atoms with van der Waals surface area (Å²) < 4.78 is 0. The molecule has 1 aliphatic heterocycles. The Morgan fingerprint density at radius 1 is 1.53 bits per heavy atom. The Labute approximate surface area is 103 Å². The van der Waals surface area contributed by atoms with Crippen molar-refractivity contribution in [2.75, 3.05) is 31.2 Å². The van der Waals surface area contributed by atoms with Gasteiger partial charge in [0.2, 0.25) is 0 Å². The summed E-state index contributed by atoms with van der Waals surface area (Å²) in [6, 6.07) is 2.54. The molecule has 0 bridgehead atoms.